The largest absolute Gasteiger partial charge is 0.353 e. The van der Waals surface area contributed by atoms with Gasteiger partial charge in [-0.2, -0.15) is 0 Å². The standard InChI is InChI=1S/C17H19N3O3/c1-10(2)15-16(22)18-7-8-20(15)17(23)13-9-14(21)11-5-3-4-6-12(11)19-13/h3-6,9-10,15H,7-8H2,1-2H3,(H,18,22)(H,19,21)/t15-/m1/s1. The summed E-state index contributed by atoms with van der Waals surface area (Å²) in [5.41, 5.74) is 0.630. The second-order valence-corrected chi connectivity index (χ2v) is 6.07. The van der Waals surface area contributed by atoms with Gasteiger partial charge in [0, 0.05) is 30.1 Å². The average Bonchev–Trinajstić information content (AvgIpc) is 2.53. The molecule has 1 saturated heterocycles. The van der Waals surface area contributed by atoms with Crippen molar-refractivity contribution < 1.29 is 9.59 Å². The van der Waals surface area contributed by atoms with Crippen LogP contribution in [0.5, 0.6) is 0 Å². The molecule has 1 aliphatic heterocycles. The summed E-state index contributed by atoms with van der Waals surface area (Å²) >= 11 is 0. The van der Waals surface area contributed by atoms with Gasteiger partial charge in [-0.05, 0) is 18.1 Å². The van der Waals surface area contributed by atoms with Gasteiger partial charge in [-0.25, -0.2) is 0 Å². The lowest BCUT2D eigenvalue weighted by Crippen LogP contribution is -2.59. The molecule has 2 amide bonds. The first kappa shape index (κ1) is 15.3. The van der Waals surface area contributed by atoms with Crippen LogP contribution in [0.4, 0.5) is 0 Å². The van der Waals surface area contributed by atoms with E-state index >= 15 is 0 Å². The zero-order chi connectivity index (χ0) is 16.6. The maximum absolute atomic E-state index is 12.8. The fourth-order valence-electron chi connectivity index (χ4n) is 3.04. The quantitative estimate of drug-likeness (QED) is 0.872. The highest BCUT2D eigenvalue weighted by molar-refractivity contribution is 5.98. The molecular formula is C17H19N3O3. The summed E-state index contributed by atoms with van der Waals surface area (Å²) in [6.45, 7) is 4.66. The molecule has 0 aliphatic carbocycles. The molecule has 1 aliphatic rings. The normalized spacial score (nSPS) is 18.3. The molecule has 2 N–H and O–H groups in total. The highest BCUT2D eigenvalue weighted by Gasteiger charge is 2.35. The molecule has 0 bridgehead atoms. The van der Waals surface area contributed by atoms with Gasteiger partial charge in [-0.3, -0.25) is 14.4 Å². The Bertz CT molecular complexity index is 825. The Balaban J connectivity index is 2.02. The molecular weight excluding hydrogens is 294 g/mol. The van der Waals surface area contributed by atoms with Crippen LogP contribution in [-0.4, -0.2) is 40.8 Å². The van der Waals surface area contributed by atoms with Gasteiger partial charge in [0.25, 0.3) is 5.91 Å². The number of carbonyl (C=O) groups is 2. The van der Waals surface area contributed by atoms with Gasteiger partial charge < -0.3 is 15.2 Å². The van der Waals surface area contributed by atoms with Gasteiger partial charge in [0.05, 0.1) is 0 Å². The van der Waals surface area contributed by atoms with Crippen LogP contribution >= 0.6 is 0 Å². The molecule has 0 spiro atoms. The van der Waals surface area contributed by atoms with Crippen LogP contribution in [0, 0.1) is 5.92 Å². The van der Waals surface area contributed by atoms with Crippen molar-refractivity contribution in [2.75, 3.05) is 13.1 Å². The summed E-state index contributed by atoms with van der Waals surface area (Å²) in [6.07, 6.45) is 0. The minimum Gasteiger partial charge on any atom is -0.353 e. The van der Waals surface area contributed by atoms with Crippen molar-refractivity contribution in [1.82, 2.24) is 15.2 Å². The SMILES string of the molecule is CC(C)[C@@H]1C(=O)NCCN1C(=O)c1cc(=O)c2ccccc2[nH]1. The highest BCUT2D eigenvalue weighted by atomic mass is 16.2. The molecule has 6 heteroatoms. The molecule has 1 aromatic heterocycles. The maximum atomic E-state index is 12.8. The minimum absolute atomic E-state index is 0.00794. The molecule has 23 heavy (non-hydrogen) atoms. The average molecular weight is 313 g/mol. The summed E-state index contributed by atoms with van der Waals surface area (Å²) in [7, 11) is 0. The number of hydrogen-bond acceptors (Lipinski definition) is 3. The first-order chi connectivity index (χ1) is 11.0. The van der Waals surface area contributed by atoms with Crippen LogP contribution in [0.2, 0.25) is 0 Å². The Labute approximate surface area is 133 Å². The lowest BCUT2D eigenvalue weighted by atomic mass is 9.99. The van der Waals surface area contributed by atoms with Gasteiger partial charge in [-0.1, -0.05) is 26.0 Å². The first-order valence-electron chi connectivity index (χ1n) is 7.70. The fourth-order valence-corrected chi connectivity index (χ4v) is 3.04. The summed E-state index contributed by atoms with van der Waals surface area (Å²) < 4.78 is 0. The number of nitrogens with one attached hydrogen (secondary N) is 2. The third kappa shape index (κ3) is 2.72. The van der Waals surface area contributed by atoms with Gasteiger partial charge >= 0.3 is 0 Å². The molecule has 0 saturated carbocycles. The molecule has 0 radical (unpaired) electrons. The minimum atomic E-state index is -0.522. The van der Waals surface area contributed by atoms with Gasteiger partial charge in [0.2, 0.25) is 5.91 Å². The summed E-state index contributed by atoms with van der Waals surface area (Å²) in [5.74, 6) is -0.476. The number of para-hydroxylation sites is 1. The second kappa shape index (κ2) is 5.87. The van der Waals surface area contributed by atoms with E-state index in [0.29, 0.717) is 24.0 Å². The Morgan fingerprint density at radius 1 is 1.26 bits per heavy atom. The van der Waals surface area contributed by atoms with Crippen LogP contribution in [0.1, 0.15) is 24.3 Å². The molecule has 0 unspecified atom stereocenters. The molecule has 120 valence electrons. The highest BCUT2D eigenvalue weighted by Crippen LogP contribution is 2.17. The van der Waals surface area contributed by atoms with Crippen molar-refractivity contribution in [1.29, 1.82) is 0 Å². The molecule has 1 atom stereocenters. The zero-order valence-corrected chi connectivity index (χ0v) is 13.1. The van der Waals surface area contributed by atoms with Gasteiger partial charge in [0.15, 0.2) is 5.43 Å². The number of carbonyl (C=O) groups excluding carboxylic acids is 2. The molecule has 1 aromatic carbocycles. The third-order valence-electron chi connectivity index (χ3n) is 4.12. The van der Waals surface area contributed by atoms with Gasteiger partial charge in [0.1, 0.15) is 11.7 Å². The van der Waals surface area contributed by atoms with Crippen LogP contribution in [0.15, 0.2) is 35.1 Å². The van der Waals surface area contributed by atoms with E-state index in [1.54, 1.807) is 29.2 Å². The monoisotopic (exact) mass is 313 g/mol. The van der Waals surface area contributed by atoms with Crippen LogP contribution in [0.25, 0.3) is 10.9 Å². The van der Waals surface area contributed by atoms with Crippen LogP contribution in [-0.2, 0) is 4.79 Å². The number of piperazine rings is 1. The van der Waals surface area contributed by atoms with E-state index in [9.17, 15) is 14.4 Å². The Hall–Kier alpha value is -2.63. The Morgan fingerprint density at radius 2 is 2.00 bits per heavy atom. The van der Waals surface area contributed by atoms with E-state index in [4.69, 9.17) is 0 Å². The number of fused-ring (bicyclic) bond motifs is 1. The maximum Gasteiger partial charge on any atom is 0.271 e. The number of rotatable bonds is 2. The van der Waals surface area contributed by atoms with E-state index in [1.165, 1.54) is 6.07 Å². The lowest BCUT2D eigenvalue weighted by molar-refractivity contribution is -0.129. The number of amides is 2. The van der Waals surface area contributed by atoms with E-state index < -0.39 is 6.04 Å². The van der Waals surface area contributed by atoms with E-state index in [1.807, 2.05) is 13.8 Å². The topological polar surface area (TPSA) is 82.3 Å². The van der Waals surface area contributed by atoms with Crippen molar-refractivity contribution in [2.24, 2.45) is 5.92 Å². The third-order valence-corrected chi connectivity index (χ3v) is 4.12. The number of nitrogens with zero attached hydrogens (tertiary/aromatic N) is 1. The molecule has 2 heterocycles. The van der Waals surface area contributed by atoms with Gasteiger partial charge in [-0.15, -0.1) is 0 Å². The zero-order valence-electron chi connectivity index (χ0n) is 13.1. The first-order valence-corrected chi connectivity index (χ1v) is 7.70. The van der Waals surface area contributed by atoms with Crippen molar-refractivity contribution >= 4 is 22.7 Å². The summed E-state index contributed by atoms with van der Waals surface area (Å²) in [4.78, 5) is 41.7. The van der Waals surface area contributed by atoms with Crippen LogP contribution < -0.4 is 10.7 Å². The van der Waals surface area contributed by atoms with E-state index in [-0.39, 0.29) is 28.9 Å². The summed E-state index contributed by atoms with van der Waals surface area (Å²) in [5, 5.41) is 3.33. The number of pyridine rings is 1. The number of benzene rings is 1. The number of aromatic amines is 1. The van der Waals surface area contributed by atoms with Crippen molar-refractivity contribution in [3.05, 3.63) is 46.2 Å². The number of hydrogen-bond donors (Lipinski definition) is 2. The second-order valence-electron chi connectivity index (χ2n) is 6.07. The summed E-state index contributed by atoms with van der Waals surface area (Å²) in [6, 6.07) is 7.85. The fraction of sp³-hybridized carbons (Fsp3) is 0.353. The molecule has 1 fully saturated rings. The lowest BCUT2D eigenvalue weighted by Gasteiger charge is -2.37. The predicted octanol–water partition coefficient (Wildman–Crippen LogP) is 1.12. The van der Waals surface area contributed by atoms with Crippen molar-refractivity contribution in [3.63, 3.8) is 0 Å². The van der Waals surface area contributed by atoms with E-state index in [0.717, 1.165) is 0 Å². The molecule has 6 nitrogen and oxygen atoms in total. The smallest absolute Gasteiger partial charge is 0.271 e. The number of aromatic nitrogens is 1. The van der Waals surface area contributed by atoms with Crippen LogP contribution in [0.3, 0.4) is 0 Å². The molecule has 2 aromatic rings. The number of H-pyrrole nitrogens is 1. The predicted molar refractivity (Wildman–Crippen MR) is 87.2 cm³/mol. The molecule has 3 rings (SSSR count). The Kier molecular flexibility index (Phi) is 3.90. The van der Waals surface area contributed by atoms with Crippen molar-refractivity contribution in [3.8, 4) is 0 Å². The van der Waals surface area contributed by atoms with E-state index in [2.05, 4.69) is 10.3 Å². The van der Waals surface area contributed by atoms with Crippen molar-refractivity contribution in [2.45, 2.75) is 19.9 Å². The Morgan fingerprint density at radius 3 is 2.74 bits per heavy atom.